The number of hydrogen-bond acceptors (Lipinski definition) is 3. The second kappa shape index (κ2) is 7.09. The minimum Gasteiger partial charge on any atom is -0.381 e. The van der Waals surface area contributed by atoms with E-state index in [9.17, 15) is 0 Å². The third kappa shape index (κ3) is 3.97. The van der Waals surface area contributed by atoms with Crippen molar-refractivity contribution in [2.45, 2.75) is 39.3 Å². The van der Waals surface area contributed by atoms with Crippen molar-refractivity contribution in [3.05, 3.63) is 29.3 Å². The number of aryl methyl sites for hydroxylation is 1. The fraction of sp³-hybridized carbons (Fsp3) is 0.647. The molecular formula is C17H28N2O. The molecule has 1 aromatic rings. The maximum atomic E-state index is 5.57. The van der Waals surface area contributed by atoms with Crippen LogP contribution >= 0.6 is 0 Å². The average Bonchev–Trinajstić information content (AvgIpc) is 2.45. The number of anilines is 1. The first kappa shape index (κ1) is 15.3. The van der Waals surface area contributed by atoms with E-state index >= 15 is 0 Å². The van der Waals surface area contributed by atoms with Crippen molar-refractivity contribution in [1.82, 2.24) is 5.32 Å². The maximum Gasteiger partial charge on any atom is 0.0509 e. The number of rotatable bonds is 5. The molecule has 1 saturated heterocycles. The van der Waals surface area contributed by atoms with E-state index in [1.807, 2.05) is 0 Å². The Morgan fingerprint density at radius 3 is 2.80 bits per heavy atom. The topological polar surface area (TPSA) is 24.5 Å². The lowest BCUT2D eigenvalue weighted by Crippen LogP contribution is -2.37. The van der Waals surface area contributed by atoms with Crippen LogP contribution in [-0.2, 0) is 11.3 Å². The monoisotopic (exact) mass is 276 g/mol. The summed E-state index contributed by atoms with van der Waals surface area (Å²) in [4.78, 5) is 2.16. The van der Waals surface area contributed by atoms with E-state index in [4.69, 9.17) is 4.74 Å². The van der Waals surface area contributed by atoms with Crippen LogP contribution < -0.4 is 10.2 Å². The van der Waals surface area contributed by atoms with Gasteiger partial charge in [0.05, 0.1) is 6.61 Å². The molecule has 0 saturated carbocycles. The van der Waals surface area contributed by atoms with Gasteiger partial charge in [0.2, 0.25) is 0 Å². The van der Waals surface area contributed by atoms with Gasteiger partial charge in [-0.2, -0.15) is 0 Å². The molecule has 0 aliphatic carbocycles. The number of ether oxygens (including phenoxy) is 1. The van der Waals surface area contributed by atoms with Gasteiger partial charge in [0.25, 0.3) is 0 Å². The molecule has 1 heterocycles. The Morgan fingerprint density at radius 2 is 2.20 bits per heavy atom. The largest absolute Gasteiger partial charge is 0.381 e. The van der Waals surface area contributed by atoms with Gasteiger partial charge < -0.3 is 15.0 Å². The Bertz CT molecular complexity index is 425. The fourth-order valence-electron chi connectivity index (χ4n) is 2.93. The molecule has 0 unspecified atom stereocenters. The molecule has 3 nitrogen and oxygen atoms in total. The Morgan fingerprint density at radius 1 is 1.40 bits per heavy atom. The summed E-state index contributed by atoms with van der Waals surface area (Å²) in [5.74, 6) is 0.658. The van der Waals surface area contributed by atoms with Gasteiger partial charge in [-0.1, -0.05) is 12.1 Å². The molecule has 0 radical (unpaired) electrons. The molecule has 3 heteroatoms. The van der Waals surface area contributed by atoms with Crippen LogP contribution in [0.25, 0.3) is 0 Å². The number of nitrogens with one attached hydrogen (secondary N) is 1. The van der Waals surface area contributed by atoms with Crippen molar-refractivity contribution in [1.29, 1.82) is 0 Å². The van der Waals surface area contributed by atoms with Gasteiger partial charge in [0.15, 0.2) is 0 Å². The molecule has 1 N–H and O–H groups in total. The van der Waals surface area contributed by atoms with Crippen molar-refractivity contribution in [3.8, 4) is 0 Å². The van der Waals surface area contributed by atoms with E-state index in [0.717, 1.165) is 19.8 Å². The zero-order valence-electron chi connectivity index (χ0n) is 13.3. The Balaban J connectivity index is 1.88. The molecule has 1 aliphatic heterocycles. The Labute approximate surface area is 123 Å². The molecule has 112 valence electrons. The predicted octanol–water partition coefficient (Wildman–Crippen LogP) is 2.97. The lowest BCUT2D eigenvalue weighted by molar-refractivity contribution is 0.0417. The zero-order valence-corrected chi connectivity index (χ0v) is 13.3. The minimum absolute atomic E-state index is 0.518. The van der Waals surface area contributed by atoms with Crippen molar-refractivity contribution in [2.24, 2.45) is 5.92 Å². The number of benzene rings is 1. The Hall–Kier alpha value is -1.06. The van der Waals surface area contributed by atoms with Crippen molar-refractivity contribution < 1.29 is 4.74 Å². The molecule has 1 aromatic carbocycles. The third-order valence-corrected chi connectivity index (χ3v) is 4.27. The summed E-state index contributed by atoms with van der Waals surface area (Å²) in [7, 11) is 4.18. The highest BCUT2D eigenvalue weighted by Crippen LogP contribution is 2.20. The lowest BCUT2D eigenvalue weighted by Gasteiger charge is -2.28. The van der Waals surface area contributed by atoms with Gasteiger partial charge in [-0.3, -0.25) is 0 Å². The van der Waals surface area contributed by atoms with E-state index in [1.165, 1.54) is 29.7 Å². The standard InChI is InChI=1S/C17H28N2O/c1-13-10-15(7-8-17(13)19(3)4)11-18-14(2)16-6-5-9-20-12-16/h7-8,10,14,16,18H,5-6,9,11-12H2,1-4H3/t14-,16-/m1/s1. The maximum absolute atomic E-state index is 5.57. The summed E-state index contributed by atoms with van der Waals surface area (Å²) in [5.41, 5.74) is 3.99. The highest BCUT2D eigenvalue weighted by atomic mass is 16.5. The second-order valence-corrected chi connectivity index (χ2v) is 6.16. The van der Waals surface area contributed by atoms with Crippen molar-refractivity contribution in [3.63, 3.8) is 0 Å². The summed E-state index contributed by atoms with van der Waals surface area (Å²) >= 11 is 0. The minimum atomic E-state index is 0.518. The van der Waals surface area contributed by atoms with Crippen molar-refractivity contribution >= 4 is 5.69 Å². The van der Waals surface area contributed by atoms with E-state index in [2.05, 4.69) is 56.4 Å². The molecule has 1 fully saturated rings. The Kier molecular flexibility index (Phi) is 5.44. The van der Waals surface area contributed by atoms with E-state index in [1.54, 1.807) is 0 Å². The van der Waals surface area contributed by atoms with Gasteiger partial charge in [0, 0.05) is 39.0 Å². The van der Waals surface area contributed by atoms with Gasteiger partial charge in [-0.05, 0) is 49.8 Å². The average molecular weight is 276 g/mol. The first-order valence-corrected chi connectivity index (χ1v) is 7.66. The molecule has 0 spiro atoms. The highest BCUT2D eigenvalue weighted by Gasteiger charge is 2.20. The fourth-order valence-corrected chi connectivity index (χ4v) is 2.93. The van der Waals surface area contributed by atoms with Crippen LogP contribution in [-0.4, -0.2) is 33.4 Å². The van der Waals surface area contributed by atoms with Crippen LogP contribution in [0.1, 0.15) is 30.9 Å². The van der Waals surface area contributed by atoms with E-state index in [-0.39, 0.29) is 0 Å². The normalized spacial score (nSPS) is 20.7. The number of hydrogen-bond donors (Lipinski definition) is 1. The van der Waals surface area contributed by atoms with Crippen LogP contribution in [0, 0.1) is 12.8 Å². The molecular weight excluding hydrogens is 248 g/mol. The SMILES string of the molecule is Cc1cc(CN[C@H](C)[C@@H]2CCCOC2)ccc1N(C)C. The smallest absolute Gasteiger partial charge is 0.0509 e. The summed E-state index contributed by atoms with van der Waals surface area (Å²) in [6.07, 6.45) is 2.49. The molecule has 1 aliphatic rings. The number of nitrogens with zero attached hydrogens (tertiary/aromatic N) is 1. The summed E-state index contributed by atoms with van der Waals surface area (Å²) < 4.78 is 5.57. The van der Waals surface area contributed by atoms with Crippen LogP contribution in [0.3, 0.4) is 0 Å². The molecule has 2 rings (SSSR count). The first-order valence-electron chi connectivity index (χ1n) is 7.66. The molecule has 0 aromatic heterocycles. The zero-order chi connectivity index (χ0) is 14.5. The summed E-state index contributed by atoms with van der Waals surface area (Å²) in [6, 6.07) is 7.23. The summed E-state index contributed by atoms with van der Waals surface area (Å²) in [5, 5.41) is 3.65. The predicted molar refractivity (Wildman–Crippen MR) is 85.4 cm³/mol. The van der Waals surface area contributed by atoms with E-state index < -0.39 is 0 Å². The highest BCUT2D eigenvalue weighted by molar-refractivity contribution is 5.53. The first-order chi connectivity index (χ1) is 9.58. The van der Waals surface area contributed by atoms with Crippen LogP contribution in [0.5, 0.6) is 0 Å². The van der Waals surface area contributed by atoms with Crippen LogP contribution in [0.2, 0.25) is 0 Å². The van der Waals surface area contributed by atoms with Crippen molar-refractivity contribution in [2.75, 3.05) is 32.2 Å². The molecule has 0 bridgehead atoms. The molecule has 20 heavy (non-hydrogen) atoms. The van der Waals surface area contributed by atoms with E-state index in [0.29, 0.717) is 12.0 Å². The lowest BCUT2D eigenvalue weighted by atomic mass is 9.95. The van der Waals surface area contributed by atoms with Crippen LogP contribution in [0.4, 0.5) is 5.69 Å². The molecule has 2 atom stereocenters. The second-order valence-electron chi connectivity index (χ2n) is 6.16. The van der Waals surface area contributed by atoms with Gasteiger partial charge in [-0.15, -0.1) is 0 Å². The quantitative estimate of drug-likeness (QED) is 0.895. The summed E-state index contributed by atoms with van der Waals surface area (Å²) in [6.45, 7) is 7.24. The third-order valence-electron chi connectivity index (χ3n) is 4.27. The van der Waals surface area contributed by atoms with Gasteiger partial charge in [0.1, 0.15) is 0 Å². The van der Waals surface area contributed by atoms with Gasteiger partial charge >= 0.3 is 0 Å². The van der Waals surface area contributed by atoms with Gasteiger partial charge in [-0.25, -0.2) is 0 Å². The van der Waals surface area contributed by atoms with Crippen LogP contribution in [0.15, 0.2) is 18.2 Å². The molecule has 0 amide bonds.